The zero-order chi connectivity index (χ0) is 14.7. The van der Waals surface area contributed by atoms with Gasteiger partial charge in [0.25, 0.3) is 0 Å². The lowest BCUT2D eigenvalue weighted by Gasteiger charge is -2.00. The van der Waals surface area contributed by atoms with Crippen molar-refractivity contribution in [2.75, 3.05) is 0 Å². The van der Waals surface area contributed by atoms with Gasteiger partial charge in [-0.2, -0.15) is 5.10 Å². The summed E-state index contributed by atoms with van der Waals surface area (Å²) < 4.78 is 0. The van der Waals surface area contributed by atoms with Crippen LogP contribution >= 0.6 is 0 Å². The summed E-state index contributed by atoms with van der Waals surface area (Å²) in [5, 5.41) is 5.08. The molecule has 21 heavy (non-hydrogen) atoms. The third-order valence-electron chi connectivity index (χ3n) is 3.22. The lowest BCUT2D eigenvalue weighted by molar-refractivity contribution is -0.118. The average molecular weight is 277 g/mol. The molecule has 2 N–H and O–H groups in total. The SMILES string of the molecule is CC(=O)N/N=C/c1c(-c2ccccc2)[nH]c2ccccc12. The van der Waals surface area contributed by atoms with Crippen molar-refractivity contribution in [3.8, 4) is 11.3 Å². The number of carbonyl (C=O) groups excluding carboxylic acids is 1. The standard InChI is InChI=1S/C17H15N3O/c1-12(21)20-18-11-15-14-9-5-6-10-16(14)19-17(15)13-7-3-2-4-8-13/h2-11,19H,1H3,(H,20,21)/b18-11+. The number of aromatic amines is 1. The minimum absolute atomic E-state index is 0.188. The van der Waals surface area contributed by atoms with E-state index >= 15 is 0 Å². The minimum Gasteiger partial charge on any atom is -0.354 e. The number of hydrogen-bond donors (Lipinski definition) is 2. The smallest absolute Gasteiger partial charge is 0.236 e. The van der Waals surface area contributed by atoms with Gasteiger partial charge in [-0.05, 0) is 11.6 Å². The summed E-state index contributed by atoms with van der Waals surface area (Å²) in [6, 6.07) is 18.1. The maximum atomic E-state index is 11.0. The normalized spacial score (nSPS) is 11.1. The summed E-state index contributed by atoms with van der Waals surface area (Å²) in [7, 11) is 0. The number of aromatic nitrogens is 1. The van der Waals surface area contributed by atoms with Gasteiger partial charge >= 0.3 is 0 Å². The van der Waals surface area contributed by atoms with Crippen LogP contribution in [0.25, 0.3) is 22.2 Å². The first kappa shape index (κ1) is 13.1. The van der Waals surface area contributed by atoms with Crippen molar-refractivity contribution < 1.29 is 4.79 Å². The molecule has 104 valence electrons. The molecule has 0 unspecified atom stereocenters. The lowest BCUT2D eigenvalue weighted by atomic mass is 10.1. The zero-order valence-corrected chi connectivity index (χ0v) is 11.6. The average Bonchev–Trinajstić information content (AvgIpc) is 2.87. The molecule has 0 saturated carbocycles. The topological polar surface area (TPSA) is 57.2 Å². The molecule has 0 fully saturated rings. The number of hydrogen-bond acceptors (Lipinski definition) is 2. The number of carbonyl (C=O) groups is 1. The molecular formula is C17H15N3O. The van der Waals surface area contributed by atoms with Gasteiger partial charge in [-0.25, -0.2) is 5.43 Å². The summed E-state index contributed by atoms with van der Waals surface area (Å²) >= 11 is 0. The quantitative estimate of drug-likeness (QED) is 0.560. The summed E-state index contributed by atoms with van der Waals surface area (Å²) in [5.74, 6) is -0.188. The first-order valence-electron chi connectivity index (χ1n) is 6.71. The summed E-state index contributed by atoms with van der Waals surface area (Å²) in [4.78, 5) is 14.4. The molecule has 1 heterocycles. The molecule has 0 spiro atoms. The number of fused-ring (bicyclic) bond motifs is 1. The first-order chi connectivity index (χ1) is 10.3. The van der Waals surface area contributed by atoms with E-state index in [1.54, 1.807) is 6.21 Å². The monoisotopic (exact) mass is 277 g/mol. The van der Waals surface area contributed by atoms with E-state index in [1.807, 2.05) is 54.6 Å². The third kappa shape index (κ3) is 2.69. The fourth-order valence-corrected chi connectivity index (χ4v) is 2.32. The van der Waals surface area contributed by atoms with Crippen LogP contribution in [-0.4, -0.2) is 17.1 Å². The molecule has 3 rings (SSSR count). The fourth-order valence-electron chi connectivity index (χ4n) is 2.32. The molecule has 1 aromatic heterocycles. The Kier molecular flexibility index (Phi) is 3.51. The highest BCUT2D eigenvalue weighted by atomic mass is 16.2. The van der Waals surface area contributed by atoms with Gasteiger partial charge in [0.2, 0.25) is 5.91 Å². The van der Waals surface area contributed by atoms with Crippen LogP contribution in [0.15, 0.2) is 59.7 Å². The van der Waals surface area contributed by atoms with Crippen LogP contribution < -0.4 is 5.43 Å². The molecule has 0 aliphatic carbocycles. The highest BCUT2D eigenvalue weighted by molar-refractivity contribution is 6.06. The molecule has 0 aliphatic heterocycles. The van der Waals surface area contributed by atoms with Crippen molar-refractivity contribution in [2.24, 2.45) is 5.10 Å². The first-order valence-corrected chi connectivity index (χ1v) is 6.71. The van der Waals surface area contributed by atoms with Crippen molar-refractivity contribution in [3.63, 3.8) is 0 Å². The van der Waals surface area contributed by atoms with Gasteiger partial charge < -0.3 is 4.98 Å². The molecule has 2 aromatic carbocycles. The number of hydrazone groups is 1. The number of H-pyrrole nitrogens is 1. The largest absolute Gasteiger partial charge is 0.354 e. The van der Waals surface area contributed by atoms with Crippen LogP contribution in [-0.2, 0) is 4.79 Å². The van der Waals surface area contributed by atoms with Gasteiger partial charge in [0, 0.05) is 23.4 Å². The van der Waals surface area contributed by atoms with Crippen LogP contribution in [0.4, 0.5) is 0 Å². The maximum Gasteiger partial charge on any atom is 0.236 e. The van der Waals surface area contributed by atoms with Crippen LogP contribution in [0.1, 0.15) is 12.5 Å². The molecule has 0 aliphatic rings. The molecule has 0 radical (unpaired) electrons. The second-order valence-electron chi connectivity index (χ2n) is 4.75. The number of rotatable bonds is 3. The van der Waals surface area contributed by atoms with Crippen molar-refractivity contribution >= 4 is 23.0 Å². The van der Waals surface area contributed by atoms with E-state index in [0.717, 1.165) is 27.7 Å². The molecule has 0 atom stereocenters. The number of nitrogens with one attached hydrogen (secondary N) is 2. The molecule has 1 amide bonds. The van der Waals surface area contributed by atoms with Gasteiger partial charge in [-0.3, -0.25) is 4.79 Å². The number of para-hydroxylation sites is 1. The second kappa shape index (κ2) is 5.63. The Bertz CT molecular complexity index is 803. The summed E-state index contributed by atoms with van der Waals surface area (Å²) in [6.45, 7) is 1.44. The number of amides is 1. The molecule has 0 bridgehead atoms. The predicted octanol–water partition coefficient (Wildman–Crippen LogP) is 3.30. The Morgan fingerprint density at radius 1 is 1.10 bits per heavy atom. The third-order valence-corrected chi connectivity index (χ3v) is 3.22. The minimum atomic E-state index is -0.188. The highest BCUT2D eigenvalue weighted by Crippen LogP contribution is 2.28. The van der Waals surface area contributed by atoms with E-state index in [0.29, 0.717) is 0 Å². The Morgan fingerprint density at radius 2 is 1.81 bits per heavy atom. The molecular weight excluding hydrogens is 262 g/mol. The lowest BCUT2D eigenvalue weighted by Crippen LogP contribution is -2.12. The Balaban J connectivity index is 2.14. The van der Waals surface area contributed by atoms with E-state index in [9.17, 15) is 4.79 Å². The van der Waals surface area contributed by atoms with Gasteiger partial charge in [-0.15, -0.1) is 0 Å². The van der Waals surface area contributed by atoms with E-state index in [1.165, 1.54) is 6.92 Å². The predicted molar refractivity (Wildman–Crippen MR) is 85.1 cm³/mol. The van der Waals surface area contributed by atoms with E-state index in [2.05, 4.69) is 15.5 Å². The van der Waals surface area contributed by atoms with E-state index in [4.69, 9.17) is 0 Å². The fraction of sp³-hybridized carbons (Fsp3) is 0.0588. The molecule has 4 nitrogen and oxygen atoms in total. The van der Waals surface area contributed by atoms with Crippen molar-refractivity contribution in [1.29, 1.82) is 0 Å². The van der Waals surface area contributed by atoms with E-state index < -0.39 is 0 Å². The molecule has 4 heteroatoms. The van der Waals surface area contributed by atoms with Gasteiger partial charge in [0.15, 0.2) is 0 Å². The van der Waals surface area contributed by atoms with Crippen molar-refractivity contribution in [1.82, 2.24) is 10.4 Å². The summed E-state index contributed by atoms with van der Waals surface area (Å²) in [5.41, 5.74) is 6.52. The van der Waals surface area contributed by atoms with Crippen molar-refractivity contribution in [2.45, 2.75) is 6.92 Å². The van der Waals surface area contributed by atoms with Crippen molar-refractivity contribution in [3.05, 3.63) is 60.2 Å². The van der Waals surface area contributed by atoms with Crippen LogP contribution in [0.3, 0.4) is 0 Å². The van der Waals surface area contributed by atoms with Crippen LogP contribution in [0.2, 0.25) is 0 Å². The van der Waals surface area contributed by atoms with Gasteiger partial charge in [-0.1, -0.05) is 48.5 Å². The maximum absolute atomic E-state index is 11.0. The van der Waals surface area contributed by atoms with Gasteiger partial charge in [0.1, 0.15) is 0 Å². The second-order valence-corrected chi connectivity index (χ2v) is 4.75. The van der Waals surface area contributed by atoms with Crippen LogP contribution in [0, 0.1) is 0 Å². The van der Waals surface area contributed by atoms with E-state index in [-0.39, 0.29) is 5.91 Å². The Morgan fingerprint density at radius 3 is 2.57 bits per heavy atom. The number of benzene rings is 2. The zero-order valence-electron chi connectivity index (χ0n) is 11.6. The number of nitrogens with zero attached hydrogens (tertiary/aromatic N) is 1. The van der Waals surface area contributed by atoms with Gasteiger partial charge in [0.05, 0.1) is 11.9 Å². The highest BCUT2D eigenvalue weighted by Gasteiger charge is 2.10. The molecule has 0 saturated heterocycles. The van der Waals surface area contributed by atoms with Crippen LogP contribution in [0.5, 0.6) is 0 Å². The Labute approximate surface area is 122 Å². The summed E-state index contributed by atoms with van der Waals surface area (Å²) in [6.07, 6.45) is 1.68. The Hall–Kier alpha value is -2.88. The molecule has 3 aromatic rings.